The van der Waals surface area contributed by atoms with E-state index < -0.39 is 0 Å². The van der Waals surface area contributed by atoms with E-state index in [1.807, 2.05) is 13.8 Å². The summed E-state index contributed by atoms with van der Waals surface area (Å²) in [5, 5.41) is 4.96. The molecule has 1 amide bonds. The molecule has 1 atom stereocenters. The van der Waals surface area contributed by atoms with Gasteiger partial charge in [0.1, 0.15) is 0 Å². The molecule has 0 spiro atoms. The summed E-state index contributed by atoms with van der Waals surface area (Å²) in [6.07, 6.45) is 0.723. The van der Waals surface area contributed by atoms with Crippen molar-refractivity contribution >= 4 is 23.4 Å². The fourth-order valence-corrected chi connectivity index (χ4v) is 4.17. The van der Waals surface area contributed by atoms with E-state index in [-0.39, 0.29) is 0 Å². The Bertz CT molecular complexity index is 960. The highest BCUT2D eigenvalue weighted by Gasteiger charge is 2.20. The molecule has 1 unspecified atom stereocenters. The Balaban J connectivity index is 2.27. The number of hydrogen-bond acceptors (Lipinski definition) is 4. The Kier molecular flexibility index (Phi) is 5.73. The lowest BCUT2D eigenvalue weighted by atomic mass is 9.90. The predicted molar refractivity (Wildman–Crippen MR) is 114 cm³/mol. The van der Waals surface area contributed by atoms with Crippen molar-refractivity contribution in [3.05, 3.63) is 57.5 Å². The van der Waals surface area contributed by atoms with Crippen molar-refractivity contribution in [1.82, 2.24) is 4.98 Å². The van der Waals surface area contributed by atoms with Crippen LogP contribution in [0.3, 0.4) is 0 Å². The highest BCUT2D eigenvalue weighted by molar-refractivity contribution is 7.10. The van der Waals surface area contributed by atoms with Gasteiger partial charge in [0.05, 0.1) is 11.4 Å². The van der Waals surface area contributed by atoms with Gasteiger partial charge >= 0.3 is 0 Å². The number of aromatic nitrogens is 1. The molecule has 3 N–H and O–H groups in total. The Labute approximate surface area is 164 Å². The van der Waals surface area contributed by atoms with Gasteiger partial charge in [0, 0.05) is 21.7 Å². The summed E-state index contributed by atoms with van der Waals surface area (Å²) in [6.45, 7) is 8.80. The van der Waals surface area contributed by atoms with Crippen molar-refractivity contribution in [3.63, 3.8) is 0 Å². The molecule has 5 heteroatoms. The topological polar surface area (TPSA) is 68.0 Å². The van der Waals surface area contributed by atoms with Crippen molar-refractivity contribution in [2.24, 2.45) is 5.73 Å². The molecule has 27 heavy (non-hydrogen) atoms. The average molecular weight is 380 g/mol. The molecule has 1 aromatic carbocycles. The van der Waals surface area contributed by atoms with Crippen molar-refractivity contribution in [3.8, 4) is 22.3 Å². The van der Waals surface area contributed by atoms with Crippen LogP contribution in [0.15, 0.2) is 35.7 Å². The molecule has 140 valence electrons. The number of nitrogens with one attached hydrogen (secondary N) is 1. The minimum atomic E-state index is 0.321. The first-order valence-electron chi connectivity index (χ1n) is 9.04. The van der Waals surface area contributed by atoms with Gasteiger partial charge in [-0.3, -0.25) is 9.78 Å². The third-order valence-electron chi connectivity index (χ3n) is 5.01. The van der Waals surface area contributed by atoms with Gasteiger partial charge in [0.15, 0.2) is 0 Å². The lowest BCUT2D eigenvalue weighted by Gasteiger charge is -2.19. The van der Waals surface area contributed by atoms with Gasteiger partial charge in [0.25, 0.3) is 0 Å². The number of nitrogens with two attached hydrogens (primary N) is 1. The van der Waals surface area contributed by atoms with Crippen LogP contribution < -0.4 is 11.1 Å². The highest BCUT2D eigenvalue weighted by atomic mass is 32.1. The van der Waals surface area contributed by atoms with Crippen LogP contribution in [-0.2, 0) is 4.79 Å². The van der Waals surface area contributed by atoms with Gasteiger partial charge in [-0.25, -0.2) is 0 Å². The number of nitrogens with zero attached hydrogens (tertiary/aromatic N) is 1. The number of pyridine rings is 1. The van der Waals surface area contributed by atoms with E-state index in [9.17, 15) is 4.79 Å². The maximum atomic E-state index is 11.3. The summed E-state index contributed by atoms with van der Waals surface area (Å²) < 4.78 is 0. The monoisotopic (exact) mass is 379 g/mol. The van der Waals surface area contributed by atoms with Crippen molar-refractivity contribution in [1.29, 1.82) is 0 Å². The molecule has 2 heterocycles. The number of aryl methyl sites for hydroxylation is 3. The molecule has 0 saturated carbocycles. The normalized spacial score (nSPS) is 12.0. The van der Waals surface area contributed by atoms with E-state index in [1.165, 1.54) is 10.4 Å². The minimum Gasteiger partial charge on any atom is -0.330 e. The fourth-order valence-electron chi connectivity index (χ4n) is 3.47. The number of thiophene rings is 1. The Morgan fingerprint density at radius 1 is 1.11 bits per heavy atom. The van der Waals surface area contributed by atoms with E-state index in [2.05, 4.69) is 54.9 Å². The SMILES string of the molecule is Cc1nc(C)c(-c2ccc(C(C)CN)cc2)c(-c2ccsc2C)c1NC=O. The summed E-state index contributed by atoms with van der Waals surface area (Å²) in [5.41, 5.74) is 13.9. The summed E-state index contributed by atoms with van der Waals surface area (Å²) in [5.74, 6) is 0.321. The van der Waals surface area contributed by atoms with Crippen LogP contribution in [-0.4, -0.2) is 17.9 Å². The summed E-state index contributed by atoms with van der Waals surface area (Å²) in [6, 6.07) is 10.6. The molecule has 0 saturated heterocycles. The van der Waals surface area contributed by atoms with Crippen LogP contribution in [0, 0.1) is 20.8 Å². The van der Waals surface area contributed by atoms with Crippen LogP contribution >= 0.6 is 11.3 Å². The molecule has 0 radical (unpaired) electrons. The second kappa shape index (κ2) is 8.03. The Morgan fingerprint density at radius 3 is 2.37 bits per heavy atom. The highest BCUT2D eigenvalue weighted by Crippen LogP contribution is 2.43. The quantitative estimate of drug-likeness (QED) is 0.590. The fraction of sp³-hybridized carbons (Fsp3) is 0.273. The van der Waals surface area contributed by atoms with E-state index >= 15 is 0 Å². The minimum absolute atomic E-state index is 0.321. The van der Waals surface area contributed by atoms with Crippen molar-refractivity contribution < 1.29 is 4.79 Å². The Hall–Kier alpha value is -2.50. The standard InChI is InChI=1S/C22H25N3OS/c1-13(11-23)17-5-7-18(8-6-17)20-14(2)25-15(3)22(24-12-26)21(20)19-9-10-27-16(19)4/h5-10,12-13H,11,23H2,1-4H3,(H,24,26). The molecule has 3 aromatic rings. The first kappa shape index (κ1) is 19.3. The number of amides is 1. The summed E-state index contributed by atoms with van der Waals surface area (Å²) in [7, 11) is 0. The first-order chi connectivity index (χ1) is 13.0. The van der Waals surface area contributed by atoms with Gasteiger partial charge in [-0.05, 0) is 61.4 Å². The van der Waals surface area contributed by atoms with E-state index in [1.54, 1.807) is 11.3 Å². The zero-order valence-electron chi connectivity index (χ0n) is 16.2. The average Bonchev–Trinajstić information content (AvgIpc) is 3.09. The van der Waals surface area contributed by atoms with Crippen molar-refractivity contribution in [2.45, 2.75) is 33.6 Å². The van der Waals surface area contributed by atoms with Crippen LogP contribution in [0.5, 0.6) is 0 Å². The lowest BCUT2D eigenvalue weighted by molar-refractivity contribution is -0.105. The summed E-state index contributed by atoms with van der Waals surface area (Å²) >= 11 is 1.70. The molecular weight excluding hydrogens is 354 g/mol. The molecule has 0 aliphatic carbocycles. The molecule has 4 nitrogen and oxygen atoms in total. The maximum absolute atomic E-state index is 11.3. The number of rotatable bonds is 6. The number of benzene rings is 1. The molecule has 0 bridgehead atoms. The number of hydrogen-bond donors (Lipinski definition) is 2. The third kappa shape index (κ3) is 3.66. The first-order valence-corrected chi connectivity index (χ1v) is 9.92. The largest absolute Gasteiger partial charge is 0.330 e. The van der Waals surface area contributed by atoms with Gasteiger partial charge in [-0.15, -0.1) is 11.3 Å². The molecule has 3 rings (SSSR count). The van der Waals surface area contributed by atoms with Gasteiger partial charge in [-0.2, -0.15) is 0 Å². The smallest absolute Gasteiger partial charge is 0.211 e. The maximum Gasteiger partial charge on any atom is 0.211 e. The van der Waals surface area contributed by atoms with Crippen LogP contribution in [0.4, 0.5) is 5.69 Å². The molecule has 0 aliphatic heterocycles. The molecular formula is C22H25N3OS. The number of carbonyl (C=O) groups excluding carboxylic acids is 1. The van der Waals surface area contributed by atoms with Gasteiger partial charge < -0.3 is 11.1 Å². The molecule has 0 aliphatic rings. The lowest BCUT2D eigenvalue weighted by Crippen LogP contribution is -2.08. The van der Waals surface area contributed by atoms with Crippen LogP contribution in [0.2, 0.25) is 0 Å². The number of carbonyl (C=O) groups is 1. The van der Waals surface area contributed by atoms with Crippen LogP contribution in [0.1, 0.15) is 34.7 Å². The zero-order chi connectivity index (χ0) is 19.6. The second-order valence-corrected chi connectivity index (χ2v) is 7.94. The number of anilines is 1. The summed E-state index contributed by atoms with van der Waals surface area (Å²) in [4.78, 5) is 17.2. The molecule has 2 aromatic heterocycles. The van der Waals surface area contributed by atoms with E-state index in [0.717, 1.165) is 45.7 Å². The van der Waals surface area contributed by atoms with Gasteiger partial charge in [0.2, 0.25) is 6.41 Å². The zero-order valence-corrected chi connectivity index (χ0v) is 17.0. The van der Waals surface area contributed by atoms with Crippen LogP contribution in [0.25, 0.3) is 22.3 Å². The van der Waals surface area contributed by atoms with E-state index in [0.29, 0.717) is 12.5 Å². The second-order valence-electron chi connectivity index (χ2n) is 6.82. The van der Waals surface area contributed by atoms with Crippen molar-refractivity contribution in [2.75, 3.05) is 11.9 Å². The molecule has 0 fully saturated rings. The third-order valence-corrected chi connectivity index (χ3v) is 5.86. The van der Waals surface area contributed by atoms with Gasteiger partial charge in [-0.1, -0.05) is 31.2 Å². The Morgan fingerprint density at radius 2 is 1.81 bits per heavy atom. The van der Waals surface area contributed by atoms with E-state index in [4.69, 9.17) is 10.7 Å². The predicted octanol–water partition coefficient (Wildman–Crippen LogP) is 5.03.